The summed E-state index contributed by atoms with van der Waals surface area (Å²) in [7, 11) is 0. The molecule has 5 heteroatoms. The Kier molecular flexibility index (Phi) is 4.55. The topological polar surface area (TPSA) is 78.4 Å². The Morgan fingerprint density at radius 3 is 2.48 bits per heavy atom. The predicted molar refractivity (Wildman–Crippen MR) is 81.6 cm³/mol. The van der Waals surface area contributed by atoms with Gasteiger partial charge in [-0.3, -0.25) is 10.1 Å². The lowest BCUT2D eigenvalue weighted by Crippen LogP contribution is -2.08. The third kappa shape index (κ3) is 3.38. The van der Waals surface area contributed by atoms with Crippen molar-refractivity contribution in [1.82, 2.24) is 0 Å². The smallest absolute Gasteiger partial charge is 0.311 e. The predicted octanol–water partition coefficient (Wildman–Crippen LogP) is 4.11. The molecule has 0 saturated heterocycles. The molecule has 1 atom stereocenters. The van der Waals surface area contributed by atoms with Crippen molar-refractivity contribution in [2.24, 2.45) is 5.73 Å². The first-order chi connectivity index (χ1) is 10.0. The van der Waals surface area contributed by atoms with Crippen molar-refractivity contribution >= 4 is 5.69 Å². The number of benzene rings is 2. The van der Waals surface area contributed by atoms with E-state index >= 15 is 0 Å². The fraction of sp³-hybridized carbons (Fsp3) is 0.250. The zero-order valence-corrected chi connectivity index (χ0v) is 12.1. The monoisotopic (exact) mass is 286 g/mol. The zero-order chi connectivity index (χ0) is 15.4. The molecule has 0 spiro atoms. The van der Waals surface area contributed by atoms with Crippen LogP contribution in [0.5, 0.6) is 11.5 Å². The third-order valence-electron chi connectivity index (χ3n) is 3.36. The Morgan fingerprint density at radius 1 is 1.24 bits per heavy atom. The molecule has 0 unspecified atom stereocenters. The van der Waals surface area contributed by atoms with Gasteiger partial charge in [0.25, 0.3) is 0 Å². The van der Waals surface area contributed by atoms with E-state index in [4.69, 9.17) is 10.5 Å². The molecule has 0 amide bonds. The lowest BCUT2D eigenvalue weighted by Gasteiger charge is -2.12. The van der Waals surface area contributed by atoms with Crippen molar-refractivity contribution < 1.29 is 9.66 Å². The van der Waals surface area contributed by atoms with Crippen LogP contribution in [0.3, 0.4) is 0 Å². The molecule has 5 nitrogen and oxygen atoms in total. The van der Waals surface area contributed by atoms with E-state index in [9.17, 15) is 10.1 Å². The molecular weight excluding hydrogens is 268 g/mol. The second-order valence-corrected chi connectivity index (χ2v) is 4.87. The first kappa shape index (κ1) is 15.0. The number of hydrogen-bond acceptors (Lipinski definition) is 4. The summed E-state index contributed by atoms with van der Waals surface area (Å²) in [5.74, 6) is 0.828. The molecule has 0 heterocycles. The van der Waals surface area contributed by atoms with Gasteiger partial charge in [-0.25, -0.2) is 0 Å². The Morgan fingerprint density at radius 2 is 1.90 bits per heavy atom. The Bertz CT molecular complexity index is 638. The molecule has 0 fully saturated rings. The van der Waals surface area contributed by atoms with Crippen molar-refractivity contribution in [2.75, 3.05) is 0 Å². The minimum absolute atomic E-state index is 0.00755. The van der Waals surface area contributed by atoms with Gasteiger partial charge in [0.15, 0.2) is 0 Å². The van der Waals surface area contributed by atoms with Crippen LogP contribution < -0.4 is 10.5 Å². The average molecular weight is 286 g/mol. The van der Waals surface area contributed by atoms with Gasteiger partial charge in [0.1, 0.15) is 5.75 Å². The van der Waals surface area contributed by atoms with Crippen LogP contribution in [-0.4, -0.2) is 4.92 Å². The largest absolute Gasteiger partial charge is 0.450 e. The maximum absolute atomic E-state index is 11.1. The average Bonchev–Trinajstić information content (AvgIpc) is 2.49. The van der Waals surface area contributed by atoms with Crippen LogP contribution in [0.15, 0.2) is 42.5 Å². The van der Waals surface area contributed by atoms with Crippen molar-refractivity contribution in [3.05, 3.63) is 63.7 Å². The lowest BCUT2D eigenvalue weighted by atomic mass is 10.1. The molecule has 0 aliphatic rings. The minimum Gasteiger partial charge on any atom is -0.450 e. The number of ether oxygens (including phenoxy) is 1. The van der Waals surface area contributed by atoms with Gasteiger partial charge in [0, 0.05) is 12.1 Å². The van der Waals surface area contributed by atoms with E-state index in [0.717, 1.165) is 17.5 Å². The molecule has 21 heavy (non-hydrogen) atoms. The van der Waals surface area contributed by atoms with E-state index in [2.05, 4.69) is 0 Å². The van der Waals surface area contributed by atoms with E-state index in [-0.39, 0.29) is 17.5 Å². The van der Waals surface area contributed by atoms with Crippen molar-refractivity contribution in [3.8, 4) is 11.5 Å². The number of nitro groups is 1. The molecule has 110 valence electrons. The second kappa shape index (κ2) is 6.37. The summed E-state index contributed by atoms with van der Waals surface area (Å²) in [6.07, 6.45) is 0.851. The van der Waals surface area contributed by atoms with Crippen LogP contribution in [0.2, 0.25) is 0 Å². The quantitative estimate of drug-likeness (QED) is 0.662. The van der Waals surface area contributed by atoms with E-state index < -0.39 is 4.92 Å². The maximum atomic E-state index is 11.1. The molecular formula is C16H18N2O3. The highest BCUT2D eigenvalue weighted by molar-refractivity contribution is 5.53. The molecule has 0 bridgehead atoms. The Hall–Kier alpha value is -2.40. The molecule has 2 N–H and O–H groups in total. The summed E-state index contributed by atoms with van der Waals surface area (Å²) in [5, 5.41) is 11.1. The second-order valence-electron chi connectivity index (χ2n) is 4.87. The summed E-state index contributed by atoms with van der Waals surface area (Å²) in [6.45, 7) is 3.80. The Labute approximate surface area is 123 Å². The molecule has 0 aromatic heterocycles. The van der Waals surface area contributed by atoms with E-state index in [1.54, 1.807) is 31.2 Å². The van der Waals surface area contributed by atoms with E-state index in [1.807, 2.05) is 19.1 Å². The minimum atomic E-state index is -0.441. The van der Waals surface area contributed by atoms with Crippen LogP contribution in [0, 0.1) is 17.0 Å². The Balaban J connectivity index is 2.28. The number of nitrogens with two attached hydrogens (primary N) is 1. The summed E-state index contributed by atoms with van der Waals surface area (Å²) < 4.78 is 5.69. The highest BCUT2D eigenvalue weighted by atomic mass is 16.6. The van der Waals surface area contributed by atoms with Gasteiger partial charge in [0.05, 0.1) is 4.92 Å². The zero-order valence-electron chi connectivity index (χ0n) is 12.1. The fourth-order valence-electron chi connectivity index (χ4n) is 2.05. The number of para-hydroxylation sites is 1. The number of rotatable bonds is 5. The highest BCUT2D eigenvalue weighted by Crippen LogP contribution is 2.34. The van der Waals surface area contributed by atoms with Gasteiger partial charge in [0.2, 0.25) is 5.75 Å². The lowest BCUT2D eigenvalue weighted by molar-refractivity contribution is -0.385. The van der Waals surface area contributed by atoms with Crippen molar-refractivity contribution in [2.45, 2.75) is 26.3 Å². The molecule has 2 aromatic rings. The summed E-state index contributed by atoms with van der Waals surface area (Å²) in [4.78, 5) is 10.6. The fourth-order valence-corrected chi connectivity index (χ4v) is 2.05. The first-order valence-electron chi connectivity index (χ1n) is 6.80. The summed E-state index contributed by atoms with van der Waals surface area (Å²) in [5.41, 5.74) is 7.66. The van der Waals surface area contributed by atoms with Gasteiger partial charge in [-0.2, -0.15) is 0 Å². The molecule has 0 radical (unpaired) electrons. The molecule has 2 rings (SSSR count). The van der Waals surface area contributed by atoms with Crippen LogP contribution in [0.1, 0.15) is 30.5 Å². The normalized spacial score (nSPS) is 12.0. The summed E-state index contributed by atoms with van der Waals surface area (Å²) in [6, 6.07) is 12.2. The standard InChI is InChI=1S/C16H18N2O3/c1-3-14(17)12-7-9-13(10-8-12)21-16-11(2)5-4-6-15(16)18(19)20/h4-10,14H,3,17H2,1-2H3/t14-/m0/s1. The van der Waals surface area contributed by atoms with Gasteiger partial charge >= 0.3 is 5.69 Å². The van der Waals surface area contributed by atoms with E-state index in [1.165, 1.54) is 6.07 Å². The van der Waals surface area contributed by atoms with Crippen molar-refractivity contribution in [1.29, 1.82) is 0 Å². The van der Waals surface area contributed by atoms with Gasteiger partial charge in [-0.1, -0.05) is 31.2 Å². The van der Waals surface area contributed by atoms with Crippen molar-refractivity contribution in [3.63, 3.8) is 0 Å². The van der Waals surface area contributed by atoms with Crippen LogP contribution >= 0.6 is 0 Å². The molecule has 0 aliphatic heterocycles. The molecule has 0 saturated carbocycles. The SMILES string of the molecule is CC[C@H](N)c1ccc(Oc2c(C)cccc2[N+](=O)[O-])cc1. The number of aryl methyl sites for hydroxylation is 1. The van der Waals surface area contributed by atoms with Crippen LogP contribution in [0.25, 0.3) is 0 Å². The van der Waals surface area contributed by atoms with E-state index in [0.29, 0.717) is 5.75 Å². The third-order valence-corrected chi connectivity index (χ3v) is 3.36. The number of nitrogens with zero attached hydrogens (tertiary/aromatic N) is 1. The number of hydrogen-bond donors (Lipinski definition) is 1. The molecule has 0 aliphatic carbocycles. The van der Waals surface area contributed by atoms with Gasteiger partial charge in [-0.05, 0) is 36.6 Å². The maximum Gasteiger partial charge on any atom is 0.311 e. The summed E-state index contributed by atoms with van der Waals surface area (Å²) >= 11 is 0. The number of nitro benzene ring substituents is 1. The highest BCUT2D eigenvalue weighted by Gasteiger charge is 2.17. The van der Waals surface area contributed by atoms with Gasteiger partial charge in [-0.15, -0.1) is 0 Å². The molecule has 2 aromatic carbocycles. The first-order valence-corrected chi connectivity index (χ1v) is 6.80. The van der Waals surface area contributed by atoms with Crippen LogP contribution in [-0.2, 0) is 0 Å². The van der Waals surface area contributed by atoms with Crippen LogP contribution in [0.4, 0.5) is 5.69 Å². The van der Waals surface area contributed by atoms with Gasteiger partial charge < -0.3 is 10.5 Å².